The van der Waals surface area contributed by atoms with E-state index in [4.69, 9.17) is 28.0 Å². The number of piperidine rings is 1. The van der Waals surface area contributed by atoms with Crippen LogP contribution in [0.5, 0.6) is 0 Å². The second kappa shape index (κ2) is 14.6. The van der Waals surface area contributed by atoms with Crippen LogP contribution in [0.4, 0.5) is 16.2 Å². The maximum absolute atomic E-state index is 12.0. The van der Waals surface area contributed by atoms with Crippen molar-refractivity contribution in [2.45, 2.75) is 25.7 Å². The van der Waals surface area contributed by atoms with Gasteiger partial charge in [-0.2, -0.15) is 5.48 Å². The molecule has 0 aliphatic carbocycles. The maximum atomic E-state index is 12.0. The minimum atomic E-state index is -0.0958. The number of piperazine rings is 1. The zero-order valence-electron chi connectivity index (χ0n) is 20.8. The molecule has 2 heterocycles. The van der Waals surface area contributed by atoms with Crippen LogP contribution in [0.25, 0.3) is 0 Å². The first-order valence-corrected chi connectivity index (χ1v) is 13.1. The molecule has 4 rings (SSSR count). The summed E-state index contributed by atoms with van der Waals surface area (Å²) in [7, 11) is 3.74. The minimum Gasteiger partial charge on any atom is -0.322 e. The van der Waals surface area contributed by atoms with Crippen LogP contribution in [-0.4, -0.2) is 80.7 Å². The lowest BCUT2D eigenvalue weighted by atomic mass is 10.1. The molecular weight excluding hydrogens is 485 g/mol. The van der Waals surface area contributed by atoms with Crippen LogP contribution in [0.3, 0.4) is 0 Å². The van der Waals surface area contributed by atoms with E-state index in [0.29, 0.717) is 15.7 Å². The second-order valence-corrected chi connectivity index (χ2v) is 9.91. The normalized spacial score (nSPS) is 17.0. The van der Waals surface area contributed by atoms with E-state index in [9.17, 15) is 4.79 Å². The van der Waals surface area contributed by atoms with Crippen molar-refractivity contribution in [2.75, 3.05) is 65.3 Å². The summed E-state index contributed by atoms with van der Waals surface area (Å²) in [6.45, 7) is 7.03. The zero-order valence-corrected chi connectivity index (χ0v) is 22.3. The van der Waals surface area contributed by atoms with Crippen LogP contribution < -0.4 is 10.8 Å². The first-order chi connectivity index (χ1) is 16.9. The third kappa shape index (κ3) is 9.60. The lowest BCUT2D eigenvalue weighted by Crippen LogP contribution is -2.75. The number of halogens is 2. The number of likely N-dealkylation sites (N-methyl/N-ethyl adjacent to an activating group) is 1. The Morgan fingerprint density at radius 3 is 2.40 bits per heavy atom. The molecule has 2 fully saturated rings. The Labute approximate surface area is 219 Å². The van der Waals surface area contributed by atoms with Crippen molar-refractivity contribution in [3.8, 4) is 0 Å². The predicted molar refractivity (Wildman–Crippen MR) is 144 cm³/mol. The number of nitrogens with two attached hydrogens (primary N) is 1. The Kier molecular flexibility index (Phi) is 11.6. The fourth-order valence-corrected chi connectivity index (χ4v) is 4.51. The Morgan fingerprint density at radius 1 is 0.971 bits per heavy atom. The highest BCUT2D eigenvalue weighted by Crippen LogP contribution is 2.25. The Hall–Kier alpha value is -1.87. The summed E-state index contributed by atoms with van der Waals surface area (Å²) in [4.78, 5) is 23.6. The van der Waals surface area contributed by atoms with E-state index in [2.05, 4.69) is 39.4 Å². The van der Waals surface area contributed by atoms with Crippen molar-refractivity contribution in [3.05, 3.63) is 58.1 Å². The monoisotopic (exact) mass is 522 g/mol. The van der Waals surface area contributed by atoms with Gasteiger partial charge in [0.1, 0.15) is 0 Å². The number of carbonyl (C=O) groups is 1. The summed E-state index contributed by atoms with van der Waals surface area (Å²) < 4.78 is 0. The standard InChI is InChI=1S/C14H22N2O.C12H15Cl2N3O/c1-17-15-14-7-5-6-13(12-14)8-11-16-9-3-2-4-10-16;1-16-4-6-17(7-5-16)12(18)15-9-2-3-10(13)11(14)8-9/h5-7,12,15H,2-4,8-11H2,1H3;2-3,8H,4-7H2,1H3,(H,15,18)/p+1. The number of rotatable bonds is 6. The van der Waals surface area contributed by atoms with E-state index >= 15 is 0 Å². The van der Waals surface area contributed by atoms with Gasteiger partial charge in [0.2, 0.25) is 0 Å². The van der Waals surface area contributed by atoms with Gasteiger partial charge >= 0.3 is 6.03 Å². The van der Waals surface area contributed by atoms with Gasteiger partial charge in [-0.05, 0) is 63.2 Å². The number of anilines is 1. The van der Waals surface area contributed by atoms with Crippen LogP contribution in [0.15, 0.2) is 42.5 Å². The van der Waals surface area contributed by atoms with Crippen molar-refractivity contribution < 1.29 is 15.1 Å². The molecule has 0 saturated carbocycles. The van der Waals surface area contributed by atoms with E-state index in [0.717, 1.165) is 38.3 Å². The number of hydrogen-bond acceptors (Lipinski definition) is 4. The van der Waals surface area contributed by atoms with E-state index in [1.54, 1.807) is 35.7 Å². The van der Waals surface area contributed by atoms with Gasteiger partial charge in [-0.1, -0.05) is 41.8 Å². The lowest BCUT2D eigenvalue weighted by Gasteiger charge is -2.32. The van der Waals surface area contributed by atoms with Crippen molar-refractivity contribution in [3.63, 3.8) is 0 Å². The highest BCUT2D eigenvalue weighted by atomic mass is 35.5. The first-order valence-electron chi connectivity index (χ1n) is 12.3. The fourth-order valence-electron chi connectivity index (χ4n) is 4.21. The molecule has 3 N–H and O–H groups in total. The zero-order chi connectivity index (χ0) is 25.0. The number of benzene rings is 2. The largest absolute Gasteiger partial charge is 0.322 e. The average Bonchev–Trinajstić information content (AvgIpc) is 2.87. The molecule has 2 aromatic rings. The number of amides is 2. The molecule has 192 valence electrons. The molecule has 2 aromatic carbocycles. The molecule has 2 amide bonds. The Balaban J connectivity index is 0.000000196. The van der Waals surface area contributed by atoms with Gasteiger partial charge in [-0.15, -0.1) is 0 Å². The molecule has 2 saturated heterocycles. The lowest BCUT2D eigenvalue weighted by molar-refractivity contribution is -0.830. The predicted octanol–water partition coefficient (Wildman–Crippen LogP) is 4.24. The molecule has 2 aliphatic rings. The van der Waals surface area contributed by atoms with E-state index in [1.165, 1.54) is 44.5 Å². The highest BCUT2D eigenvalue weighted by molar-refractivity contribution is 6.42. The summed E-state index contributed by atoms with van der Waals surface area (Å²) in [6.07, 6.45) is 5.30. The van der Waals surface area contributed by atoms with Gasteiger partial charge in [0.05, 0.1) is 17.2 Å². The Bertz CT molecular complexity index is 932. The number of quaternary nitrogens is 1. The van der Waals surface area contributed by atoms with Gasteiger partial charge in [-0.25, -0.2) is 9.63 Å². The molecule has 35 heavy (non-hydrogen) atoms. The number of urea groups is 1. The summed E-state index contributed by atoms with van der Waals surface area (Å²) in [5, 5.41) is 3.74. The van der Waals surface area contributed by atoms with E-state index in [-0.39, 0.29) is 6.03 Å². The summed E-state index contributed by atoms with van der Waals surface area (Å²) >= 11 is 11.7. The number of hydrogen-bond donors (Lipinski definition) is 2. The number of carbonyl (C=O) groups excluding carboxylic acids is 1. The van der Waals surface area contributed by atoms with Gasteiger partial charge in [-0.3, -0.25) is 0 Å². The molecule has 0 atom stereocenters. The van der Waals surface area contributed by atoms with Crippen LogP contribution >= 0.6 is 23.2 Å². The molecule has 0 aromatic heterocycles. The summed E-state index contributed by atoms with van der Waals surface area (Å²) in [5.74, 6) is 0. The Morgan fingerprint density at radius 2 is 1.71 bits per heavy atom. The van der Waals surface area contributed by atoms with Crippen LogP contribution in [0.1, 0.15) is 24.8 Å². The smallest absolute Gasteiger partial charge is 0.321 e. The SMILES string of the molecule is CN1CCN(C(=O)Nc2ccc(Cl)c(Cl)c2)CC1.CO[NH2+]c1cccc(CCN2CCCCC2)c1. The average molecular weight is 524 g/mol. The third-order valence-corrected chi connectivity index (χ3v) is 7.07. The molecule has 7 nitrogen and oxygen atoms in total. The van der Waals surface area contributed by atoms with Crippen LogP contribution in [-0.2, 0) is 11.3 Å². The van der Waals surface area contributed by atoms with Crippen molar-refractivity contribution >= 4 is 40.6 Å². The fraction of sp³-hybridized carbons (Fsp3) is 0.500. The summed E-state index contributed by atoms with van der Waals surface area (Å²) in [5.41, 5.74) is 5.02. The van der Waals surface area contributed by atoms with Crippen LogP contribution in [0.2, 0.25) is 10.0 Å². The maximum Gasteiger partial charge on any atom is 0.321 e. The molecule has 0 bridgehead atoms. The van der Waals surface area contributed by atoms with E-state index < -0.39 is 0 Å². The first kappa shape index (κ1) is 27.7. The van der Waals surface area contributed by atoms with Gasteiger partial charge in [0, 0.05) is 50.5 Å². The molecule has 2 aliphatic heterocycles. The molecular formula is C26H38Cl2N5O2+. The third-order valence-electron chi connectivity index (χ3n) is 6.33. The number of nitrogens with one attached hydrogen (secondary N) is 1. The quantitative estimate of drug-likeness (QED) is 0.439. The second-order valence-electron chi connectivity index (χ2n) is 9.10. The molecule has 0 radical (unpaired) electrons. The van der Waals surface area contributed by atoms with Gasteiger partial charge in [0.25, 0.3) is 0 Å². The number of likely N-dealkylation sites (tertiary alicyclic amines) is 1. The summed E-state index contributed by atoms with van der Waals surface area (Å²) in [6, 6.07) is 13.6. The van der Waals surface area contributed by atoms with Crippen molar-refractivity contribution in [1.82, 2.24) is 14.7 Å². The molecule has 0 unspecified atom stereocenters. The highest BCUT2D eigenvalue weighted by Gasteiger charge is 2.19. The topological polar surface area (TPSA) is 64.7 Å². The molecule has 0 spiro atoms. The van der Waals surface area contributed by atoms with E-state index in [1.807, 2.05) is 7.05 Å². The van der Waals surface area contributed by atoms with Crippen molar-refractivity contribution in [1.29, 1.82) is 0 Å². The van der Waals surface area contributed by atoms with Gasteiger partial charge in [0.15, 0.2) is 5.69 Å². The van der Waals surface area contributed by atoms with Gasteiger partial charge < -0.3 is 20.0 Å². The molecule has 9 heteroatoms. The van der Waals surface area contributed by atoms with Crippen molar-refractivity contribution in [2.24, 2.45) is 0 Å². The number of nitrogens with zero attached hydrogens (tertiary/aromatic N) is 3. The minimum absolute atomic E-state index is 0.0958. The van der Waals surface area contributed by atoms with Crippen LogP contribution in [0, 0.1) is 0 Å².